The van der Waals surface area contributed by atoms with Crippen LogP contribution in [0, 0.1) is 23.2 Å². The van der Waals surface area contributed by atoms with Crippen LogP contribution in [-0.4, -0.2) is 34.8 Å². The highest BCUT2D eigenvalue weighted by molar-refractivity contribution is 5.80. The minimum Gasteiger partial charge on any atom is -0.351 e. The van der Waals surface area contributed by atoms with Crippen molar-refractivity contribution in [3.8, 4) is 0 Å². The summed E-state index contributed by atoms with van der Waals surface area (Å²) in [5.41, 5.74) is -1.43. The lowest BCUT2D eigenvalue weighted by Crippen LogP contribution is -2.80. The third-order valence-corrected chi connectivity index (χ3v) is 9.01. The molecule has 0 saturated heterocycles. The van der Waals surface area contributed by atoms with Gasteiger partial charge in [0.2, 0.25) is 17.7 Å². The van der Waals surface area contributed by atoms with E-state index in [2.05, 4.69) is 43.6 Å². The van der Waals surface area contributed by atoms with Crippen LogP contribution in [0.1, 0.15) is 126 Å². The molecule has 0 aromatic rings. The van der Waals surface area contributed by atoms with Gasteiger partial charge in [-0.25, -0.2) is 0 Å². The molecular formula is C29H53N3O3. The standard InChI is InChI=1S/C29H53N3O3/c1-9-12-13-15-28(31-25(34)10-2,22(7)30-23(8)33)29(16-14-20(4)5,32-26(35)11-3)27(17-18-27)24-19-21(24)6/h20-22,24H,9-19H2,1-8H3,(H,30,33)(H,31,34)(H,32,35). The second-order valence-corrected chi connectivity index (χ2v) is 12.0. The molecule has 5 atom stereocenters. The fraction of sp³-hybridized carbons (Fsp3) is 0.897. The van der Waals surface area contributed by atoms with Crippen molar-refractivity contribution >= 4 is 17.7 Å². The van der Waals surface area contributed by atoms with Gasteiger partial charge in [-0.2, -0.15) is 0 Å². The maximum atomic E-state index is 13.3. The molecule has 2 aliphatic carbocycles. The summed E-state index contributed by atoms with van der Waals surface area (Å²) in [6.07, 6.45) is 9.62. The van der Waals surface area contributed by atoms with Crippen molar-refractivity contribution in [3.05, 3.63) is 0 Å². The van der Waals surface area contributed by atoms with E-state index in [-0.39, 0.29) is 29.2 Å². The zero-order chi connectivity index (χ0) is 26.4. The summed E-state index contributed by atoms with van der Waals surface area (Å²) in [5.74, 6) is 1.55. The molecule has 35 heavy (non-hydrogen) atoms. The van der Waals surface area contributed by atoms with Gasteiger partial charge in [0.25, 0.3) is 0 Å². The van der Waals surface area contributed by atoms with Crippen molar-refractivity contribution in [2.45, 2.75) is 143 Å². The van der Waals surface area contributed by atoms with Crippen LogP contribution >= 0.6 is 0 Å². The summed E-state index contributed by atoms with van der Waals surface area (Å²) in [7, 11) is 0. The highest BCUT2D eigenvalue weighted by Crippen LogP contribution is 2.72. The first-order valence-electron chi connectivity index (χ1n) is 14.3. The first kappa shape index (κ1) is 29.6. The summed E-state index contributed by atoms with van der Waals surface area (Å²) in [4.78, 5) is 39.0. The van der Waals surface area contributed by atoms with Crippen LogP contribution in [0.2, 0.25) is 0 Å². The van der Waals surface area contributed by atoms with Crippen molar-refractivity contribution < 1.29 is 14.4 Å². The maximum Gasteiger partial charge on any atom is 0.220 e. The zero-order valence-electron chi connectivity index (χ0n) is 23.8. The third-order valence-electron chi connectivity index (χ3n) is 9.01. The summed E-state index contributed by atoms with van der Waals surface area (Å²) < 4.78 is 0. The Morgan fingerprint density at radius 2 is 1.51 bits per heavy atom. The van der Waals surface area contributed by atoms with Gasteiger partial charge in [-0.3, -0.25) is 14.4 Å². The van der Waals surface area contributed by atoms with E-state index in [4.69, 9.17) is 0 Å². The second-order valence-electron chi connectivity index (χ2n) is 12.0. The minimum atomic E-state index is -0.764. The monoisotopic (exact) mass is 491 g/mol. The summed E-state index contributed by atoms with van der Waals surface area (Å²) >= 11 is 0. The van der Waals surface area contributed by atoms with E-state index in [0.717, 1.165) is 51.4 Å². The number of carbonyl (C=O) groups is 3. The van der Waals surface area contributed by atoms with Crippen LogP contribution in [0.25, 0.3) is 0 Å². The molecule has 2 aliphatic rings. The molecule has 0 aromatic carbocycles. The van der Waals surface area contributed by atoms with Gasteiger partial charge in [0.05, 0.1) is 17.1 Å². The Kier molecular flexibility index (Phi) is 10.2. The van der Waals surface area contributed by atoms with Gasteiger partial charge in [-0.05, 0) is 68.6 Å². The summed E-state index contributed by atoms with van der Waals surface area (Å²) in [6.45, 7) is 16.3. The summed E-state index contributed by atoms with van der Waals surface area (Å²) in [6, 6.07) is -0.316. The molecule has 202 valence electrons. The Hall–Kier alpha value is -1.59. The van der Waals surface area contributed by atoms with Crippen molar-refractivity contribution in [3.63, 3.8) is 0 Å². The normalized spacial score (nSPS) is 24.6. The van der Waals surface area contributed by atoms with E-state index in [1.54, 1.807) is 6.92 Å². The molecule has 2 saturated carbocycles. The number of amides is 3. The first-order chi connectivity index (χ1) is 16.4. The Bertz CT molecular complexity index is 747. The van der Waals surface area contributed by atoms with Crippen LogP contribution in [0.5, 0.6) is 0 Å². The van der Waals surface area contributed by atoms with E-state index in [1.807, 2.05) is 20.8 Å². The minimum absolute atomic E-state index is 0.0157. The molecule has 2 fully saturated rings. The van der Waals surface area contributed by atoms with Gasteiger partial charge in [0.1, 0.15) is 0 Å². The van der Waals surface area contributed by atoms with Gasteiger partial charge < -0.3 is 16.0 Å². The van der Waals surface area contributed by atoms with Crippen molar-refractivity contribution in [1.82, 2.24) is 16.0 Å². The molecule has 0 bridgehead atoms. The predicted molar refractivity (Wildman–Crippen MR) is 143 cm³/mol. The van der Waals surface area contributed by atoms with Gasteiger partial charge >= 0.3 is 0 Å². The molecule has 5 unspecified atom stereocenters. The molecule has 2 rings (SSSR count). The van der Waals surface area contributed by atoms with Crippen LogP contribution < -0.4 is 16.0 Å². The molecule has 3 amide bonds. The fourth-order valence-corrected chi connectivity index (χ4v) is 6.88. The Balaban J connectivity index is 2.83. The first-order valence-corrected chi connectivity index (χ1v) is 14.3. The average Bonchev–Trinajstić information content (AvgIpc) is 3.71. The molecule has 0 spiro atoms. The number of unbranched alkanes of at least 4 members (excludes halogenated alkanes) is 2. The number of hydrogen-bond acceptors (Lipinski definition) is 3. The molecule has 3 N–H and O–H groups in total. The van der Waals surface area contributed by atoms with E-state index in [9.17, 15) is 14.4 Å². The lowest BCUT2D eigenvalue weighted by atomic mass is 9.57. The molecule has 6 heteroatoms. The van der Waals surface area contributed by atoms with E-state index in [0.29, 0.717) is 30.6 Å². The smallest absolute Gasteiger partial charge is 0.220 e. The fourth-order valence-electron chi connectivity index (χ4n) is 6.88. The molecule has 6 nitrogen and oxygen atoms in total. The Morgan fingerprint density at radius 1 is 0.943 bits per heavy atom. The van der Waals surface area contributed by atoms with E-state index in [1.165, 1.54) is 6.42 Å². The highest BCUT2D eigenvalue weighted by atomic mass is 16.2. The molecule has 0 aliphatic heterocycles. The lowest BCUT2D eigenvalue weighted by Gasteiger charge is -2.59. The van der Waals surface area contributed by atoms with Gasteiger partial charge in [0.15, 0.2) is 0 Å². The Morgan fingerprint density at radius 3 is 1.94 bits per heavy atom. The second kappa shape index (κ2) is 12.1. The SMILES string of the molecule is CCCCCC(NC(=O)CC)(C(C)NC(C)=O)C(CCC(C)C)(NC(=O)CC)C1(C2CC2C)CC1. The van der Waals surface area contributed by atoms with E-state index < -0.39 is 11.1 Å². The van der Waals surface area contributed by atoms with Crippen LogP contribution in [0.4, 0.5) is 0 Å². The largest absolute Gasteiger partial charge is 0.351 e. The third kappa shape index (κ3) is 6.22. The number of hydrogen-bond donors (Lipinski definition) is 3. The van der Waals surface area contributed by atoms with Gasteiger partial charge in [0, 0.05) is 19.8 Å². The average molecular weight is 492 g/mol. The van der Waals surface area contributed by atoms with Crippen LogP contribution in [0.15, 0.2) is 0 Å². The zero-order valence-corrected chi connectivity index (χ0v) is 23.8. The number of carbonyl (C=O) groups excluding carboxylic acids is 3. The predicted octanol–water partition coefficient (Wildman–Crippen LogP) is 5.49. The van der Waals surface area contributed by atoms with E-state index >= 15 is 0 Å². The summed E-state index contributed by atoms with van der Waals surface area (Å²) in [5, 5.41) is 10.3. The topological polar surface area (TPSA) is 87.3 Å². The van der Waals surface area contributed by atoms with Crippen LogP contribution in [0.3, 0.4) is 0 Å². The molecule has 0 radical (unpaired) electrons. The lowest BCUT2D eigenvalue weighted by molar-refractivity contribution is -0.134. The quantitative estimate of drug-likeness (QED) is 0.249. The van der Waals surface area contributed by atoms with Crippen molar-refractivity contribution in [1.29, 1.82) is 0 Å². The van der Waals surface area contributed by atoms with Gasteiger partial charge in [-0.15, -0.1) is 0 Å². The molecule has 0 heterocycles. The van der Waals surface area contributed by atoms with Crippen molar-refractivity contribution in [2.75, 3.05) is 0 Å². The van der Waals surface area contributed by atoms with Crippen LogP contribution in [-0.2, 0) is 14.4 Å². The maximum absolute atomic E-state index is 13.3. The molecule has 0 aromatic heterocycles. The number of rotatable bonds is 16. The highest BCUT2D eigenvalue weighted by Gasteiger charge is 2.74. The van der Waals surface area contributed by atoms with Crippen molar-refractivity contribution in [2.24, 2.45) is 23.2 Å². The molecular weight excluding hydrogens is 438 g/mol. The Labute approximate surface area is 214 Å². The van der Waals surface area contributed by atoms with Gasteiger partial charge in [-0.1, -0.05) is 60.8 Å². The number of nitrogens with one attached hydrogen (secondary N) is 3.